The van der Waals surface area contributed by atoms with E-state index in [0.717, 1.165) is 11.5 Å². The van der Waals surface area contributed by atoms with Crippen LogP contribution in [0.4, 0.5) is 4.79 Å². The van der Waals surface area contributed by atoms with Crippen molar-refractivity contribution in [3.63, 3.8) is 0 Å². The number of nitrogens with two attached hydrogens (primary N) is 1. The lowest BCUT2D eigenvalue weighted by Gasteiger charge is -1.76. The molecule has 0 aromatic rings. The van der Waals surface area contributed by atoms with Crippen LogP contribution in [-0.2, 0) is 0 Å². The van der Waals surface area contributed by atoms with E-state index in [-0.39, 0.29) is 0 Å². The van der Waals surface area contributed by atoms with Crippen LogP contribution < -0.4 is 5.73 Å². The van der Waals surface area contributed by atoms with Gasteiger partial charge in [0.15, 0.2) is 0 Å². The molecular formula is C5H10ClNO2. The fraction of sp³-hybridized carbons (Fsp3) is 0.400. The third-order valence-corrected chi connectivity index (χ3v) is 0.651. The minimum atomic E-state index is -1.33. The fourth-order valence-corrected chi connectivity index (χ4v) is 0. The van der Waals surface area contributed by atoms with E-state index in [9.17, 15) is 0 Å². The van der Waals surface area contributed by atoms with Gasteiger partial charge < -0.3 is 10.8 Å². The van der Waals surface area contributed by atoms with Gasteiger partial charge in [0.2, 0.25) is 0 Å². The number of carboxylic acid groups (broad SMARTS) is 1. The van der Waals surface area contributed by atoms with Crippen LogP contribution in [0, 0.1) is 0 Å². The average molecular weight is 152 g/mol. The molecule has 1 amide bonds. The first-order chi connectivity index (χ1) is 4.00. The van der Waals surface area contributed by atoms with Crippen molar-refractivity contribution in [1.29, 1.82) is 0 Å². The number of primary amides is 1. The number of halogens is 1. The zero-order chi connectivity index (χ0) is 7.86. The summed E-state index contributed by atoms with van der Waals surface area (Å²) in [6, 6.07) is 0. The molecule has 4 heteroatoms. The van der Waals surface area contributed by atoms with Crippen molar-refractivity contribution in [3.05, 3.63) is 11.6 Å². The van der Waals surface area contributed by atoms with Crippen LogP contribution >= 0.6 is 11.6 Å². The Labute approximate surface area is 59.1 Å². The fourth-order valence-electron chi connectivity index (χ4n) is 0. The van der Waals surface area contributed by atoms with Gasteiger partial charge in [-0.05, 0) is 6.42 Å². The third kappa shape index (κ3) is 121. The predicted octanol–water partition coefficient (Wildman–Crippen LogP) is 1.77. The van der Waals surface area contributed by atoms with E-state index in [0.29, 0.717) is 0 Å². The first-order valence-corrected chi connectivity index (χ1v) is 2.70. The topological polar surface area (TPSA) is 63.3 Å². The van der Waals surface area contributed by atoms with E-state index in [1.807, 2.05) is 6.92 Å². The molecule has 0 radical (unpaired) electrons. The monoisotopic (exact) mass is 151 g/mol. The summed E-state index contributed by atoms with van der Waals surface area (Å²) in [5.41, 5.74) is 4.03. The van der Waals surface area contributed by atoms with Crippen molar-refractivity contribution in [2.24, 2.45) is 5.73 Å². The zero-order valence-corrected chi connectivity index (χ0v) is 5.98. The highest BCUT2D eigenvalue weighted by Gasteiger charge is 1.71. The van der Waals surface area contributed by atoms with Gasteiger partial charge in [0.05, 0.1) is 0 Å². The summed E-state index contributed by atoms with van der Waals surface area (Å²) in [5, 5.41) is 7.92. The number of hydrogen-bond donors (Lipinski definition) is 2. The number of rotatable bonds is 1. The molecule has 9 heavy (non-hydrogen) atoms. The molecule has 0 atom stereocenters. The minimum Gasteiger partial charge on any atom is -0.465 e. The maximum absolute atomic E-state index is 8.78. The summed E-state index contributed by atoms with van der Waals surface area (Å²) in [6.07, 6.45) is -0.457. The van der Waals surface area contributed by atoms with Crippen LogP contribution in [0.2, 0.25) is 0 Å². The summed E-state index contributed by atoms with van der Waals surface area (Å²) < 4.78 is 0. The SMILES string of the molecule is C=C(Cl)CC.NC(=O)O. The van der Waals surface area contributed by atoms with E-state index in [2.05, 4.69) is 12.3 Å². The van der Waals surface area contributed by atoms with Crippen LogP contribution in [0.15, 0.2) is 11.6 Å². The summed E-state index contributed by atoms with van der Waals surface area (Å²) in [6.45, 7) is 5.41. The molecule has 0 unspecified atom stereocenters. The van der Waals surface area contributed by atoms with Gasteiger partial charge in [0.1, 0.15) is 0 Å². The molecule has 0 saturated carbocycles. The number of carbonyl (C=O) groups is 1. The van der Waals surface area contributed by atoms with E-state index in [1.165, 1.54) is 0 Å². The molecule has 0 fully saturated rings. The predicted molar refractivity (Wildman–Crippen MR) is 37.5 cm³/mol. The Morgan fingerprint density at radius 3 is 2.00 bits per heavy atom. The standard InChI is InChI=1S/C4H7Cl.CH3NO2/c1-3-4(2)5;2-1(3)4/h2-3H2,1H3;2H2,(H,3,4). The first kappa shape index (κ1) is 11.1. The van der Waals surface area contributed by atoms with E-state index in [4.69, 9.17) is 21.5 Å². The lowest BCUT2D eigenvalue weighted by atomic mass is 10.5. The summed E-state index contributed by atoms with van der Waals surface area (Å²) in [4.78, 5) is 8.78. The highest BCUT2D eigenvalue weighted by Crippen LogP contribution is 1.98. The van der Waals surface area contributed by atoms with Crippen molar-refractivity contribution < 1.29 is 9.90 Å². The van der Waals surface area contributed by atoms with E-state index < -0.39 is 6.09 Å². The van der Waals surface area contributed by atoms with Gasteiger partial charge in [0.25, 0.3) is 0 Å². The normalized spacial score (nSPS) is 6.89. The lowest BCUT2D eigenvalue weighted by Crippen LogP contribution is -2.03. The van der Waals surface area contributed by atoms with Gasteiger partial charge in [-0.2, -0.15) is 0 Å². The Kier molecular flexibility index (Phi) is 9.04. The van der Waals surface area contributed by atoms with E-state index >= 15 is 0 Å². The molecular weight excluding hydrogens is 142 g/mol. The highest BCUT2D eigenvalue weighted by atomic mass is 35.5. The second-order valence-electron chi connectivity index (χ2n) is 1.21. The molecule has 3 N–H and O–H groups in total. The minimum absolute atomic E-state index is 0.727. The van der Waals surface area contributed by atoms with Crippen molar-refractivity contribution >= 4 is 17.7 Å². The Morgan fingerprint density at radius 2 is 2.00 bits per heavy atom. The Bertz CT molecular complexity index is 99.1. The van der Waals surface area contributed by atoms with Crippen molar-refractivity contribution in [1.82, 2.24) is 0 Å². The molecule has 54 valence electrons. The molecule has 0 aliphatic heterocycles. The van der Waals surface area contributed by atoms with Gasteiger partial charge in [-0.25, -0.2) is 4.79 Å². The maximum Gasteiger partial charge on any atom is 0.402 e. The average Bonchev–Trinajstić information content (AvgIpc) is 1.65. The molecule has 0 aliphatic carbocycles. The molecule has 0 aromatic carbocycles. The van der Waals surface area contributed by atoms with Gasteiger partial charge in [-0.15, -0.1) is 0 Å². The number of amides is 1. The smallest absolute Gasteiger partial charge is 0.402 e. The molecule has 0 rings (SSSR count). The van der Waals surface area contributed by atoms with Crippen LogP contribution in [0.25, 0.3) is 0 Å². The number of hydrogen-bond acceptors (Lipinski definition) is 1. The van der Waals surface area contributed by atoms with Crippen LogP contribution in [-0.4, -0.2) is 11.2 Å². The quantitative estimate of drug-likeness (QED) is 0.600. The molecule has 0 aromatic heterocycles. The first-order valence-electron chi connectivity index (χ1n) is 2.32. The van der Waals surface area contributed by atoms with Crippen molar-refractivity contribution in [2.45, 2.75) is 13.3 Å². The summed E-state index contributed by atoms with van der Waals surface area (Å²) >= 11 is 5.27. The van der Waals surface area contributed by atoms with Crippen LogP contribution in [0.5, 0.6) is 0 Å². The van der Waals surface area contributed by atoms with Crippen LogP contribution in [0.3, 0.4) is 0 Å². The second kappa shape index (κ2) is 7.30. The third-order valence-electron chi connectivity index (χ3n) is 0.384. The number of allylic oxidation sites excluding steroid dienone is 1. The van der Waals surface area contributed by atoms with Gasteiger partial charge in [0, 0.05) is 5.03 Å². The maximum atomic E-state index is 8.78. The van der Waals surface area contributed by atoms with Crippen molar-refractivity contribution in [3.8, 4) is 0 Å². The zero-order valence-electron chi connectivity index (χ0n) is 5.22. The van der Waals surface area contributed by atoms with E-state index in [1.54, 1.807) is 0 Å². The molecule has 0 saturated heterocycles. The van der Waals surface area contributed by atoms with Gasteiger partial charge in [-0.3, -0.25) is 0 Å². The Hall–Kier alpha value is -0.700. The molecule has 0 heterocycles. The largest absolute Gasteiger partial charge is 0.465 e. The van der Waals surface area contributed by atoms with Crippen LogP contribution in [0.1, 0.15) is 13.3 Å². The molecule has 0 bridgehead atoms. The van der Waals surface area contributed by atoms with Gasteiger partial charge >= 0.3 is 6.09 Å². The van der Waals surface area contributed by atoms with Crippen molar-refractivity contribution in [2.75, 3.05) is 0 Å². The molecule has 0 spiro atoms. The summed E-state index contributed by atoms with van der Waals surface area (Å²) in [7, 11) is 0. The molecule has 0 aliphatic rings. The second-order valence-corrected chi connectivity index (χ2v) is 1.74. The Balaban J connectivity index is 0. The lowest BCUT2D eigenvalue weighted by molar-refractivity contribution is 0.205. The molecule has 3 nitrogen and oxygen atoms in total. The highest BCUT2D eigenvalue weighted by molar-refractivity contribution is 6.29. The Morgan fingerprint density at radius 1 is 1.89 bits per heavy atom. The summed E-state index contributed by atoms with van der Waals surface area (Å²) in [5.74, 6) is 0. The van der Waals surface area contributed by atoms with Gasteiger partial charge in [-0.1, -0.05) is 25.1 Å².